The third-order valence-corrected chi connectivity index (χ3v) is 3.65. The second kappa shape index (κ2) is 6.45. The van der Waals surface area contributed by atoms with Gasteiger partial charge in [0.1, 0.15) is 5.75 Å². The van der Waals surface area contributed by atoms with Crippen molar-refractivity contribution in [2.45, 2.75) is 33.1 Å². The first kappa shape index (κ1) is 15.3. The van der Waals surface area contributed by atoms with Crippen LogP contribution in [0.3, 0.4) is 0 Å². The Balaban J connectivity index is 3.29. The number of carboxylic acids is 1. The van der Waals surface area contributed by atoms with Gasteiger partial charge in [-0.05, 0) is 35.6 Å². The molecule has 1 rings (SSSR count). The molecule has 0 aromatic heterocycles. The number of hydrogen-bond donors (Lipinski definition) is 2. The molecule has 0 fully saturated rings. The van der Waals surface area contributed by atoms with Crippen LogP contribution < -0.4 is 10.5 Å². The van der Waals surface area contributed by atoms with Crippen molar-refractivity contribution >= 4 is 11.7 Å². The largest absolute Gasteiger partial charge is 0.497 e. The van der Waals surface area contributed by atoms with Crippen molar-refractivity contribution in [2.75, 3.05) is 12.8 Å². The smallest absolute Gasteiger partial charge is 0.311 e. The summed E-state index contributed by atoms with van der Waals surface area (Å²) in [6, 6.07) is 5.18. The van der Waals surface area contributed by atoms with E-state index in [2.05, 4.69) is 0 Å². The van der Waals surface area contributed by atoms with Crippen LogP contribution >= 0.6 is 0 Å². The molecule has 2 atom stereocenters. The lowest BCUT2D eigenvalue weighted by Gasteiger charge is -2.27. The second-order valence-corrected chi connectivity index (χ2v) is 5.13. The van der Waals surface area contributed by atoms with Gasteiger partial charge in [0.15, 0.2) is 0 Å². The van der Waals surface area contributed by atoms with Crippen molar-refractivity contribution in [3.63, 3.8) is 0 Å². The van der Waals surface area contributed by atoms with E-state index in [1.165, 1.54) is 0 Å². The van der Waals surface area contributed by atoms with Gasteiger partial charge < -0.3 is 15.6 Å². The molecule has 19 heavy (non-hydrogen) atoms. The highest BCUT2D eigenvalue weighted by Crippen LogP contribution is 2.37. The van der Waals surface area contributed by atoms with Gasteiger partial charge in [-0.1, -0.05) is 27.2 Å². The molecule has 0 heterocycles. The highest BCUT2D eigenvalue weighted by molar-refractivity contribution is 5.79. The summed E-state index contributed by atoms with van der Waals surface area (Å²) in [6.07, 6.45) is 0.797. The number of rotatable bonds is 6. The maximum atomic E-state index is 11.7. The molecule has 0 aliphatic carbocycles. The Bertz CT molecular complexity index is 443. The molecule has 0 spiro atoms. The predicted molar refractivity (Wildman–Crippen MR) is 76.4 cm³/mol. The summed E-state index contributed by atoms with van der Waals surface area (Å²) in [6.45, 7) is 6.10. The fraction of sp³-hybridized carbons (Fsp3) is 0.533. The molecule has 0 radical (unpaired) electrons. The van der Waals surface area contributed by atoms with E-state index in [4.69, 9.17) is 10.5 Å². The van der Waals surface area contributed by atoms with Crippen LogP contribution in [0.2, 0.25) is 0 Å². The zero-order chi connectivity index (χ0) is 14.6. The molecule has 1 aromatic rings. The predicted octanol–water partition coefficient (Wildman–Crippen LogP) is 3.13. The van der Waals surface area contributed by atoms with Crippen LogP contribution in [0, 0.1) is 11.8 Å². The molecular weight excluding hydrogens is 242 g/mol. The molecule has 0 amide bonds. The topological polar surface area (TPSA) is 72.5 Å². The molecule has 4 nitrogen and oxygen atoms in total. The van der Waals surface area contributed by atoms with Gasteiger partial charge in [0.25, 0.3) is 0 Å². The number of methoxy groups -OCH3 is 1. The Morgan fingerprint density at radius 2 is 2.05 bits per heavy atom. The maximum absolute atomic E-state index is 11.7. The van der Waals surface area contributed by atoms with E-state index in [0.717, 1.165) is 6.42 Å². The number of nitrogen functional groups attached to an aromatic ring is 1. The number of carboxylic acid groups (broad SMARTS) is 1. The van der Waals surface area contributed by atoms with Crippen LogP contribution in [-0.2, 0) is 4.79 Å². The quantitative estimate of drug-likeness (QED) is 0.775. The van der Waals surface area contributed by atoms with Crippen LogP contribution in [-0.4, -0.2) is 18.2 Å². The van der Waals surface area contributed by atoms with Crippen molar-refractivity contribution in [1.29, 1.82) is 0 Å². The second-order valence-electron chi connectivity index (χ2n) is 5.13. The van der Waals surface area contributed by atoms with Crippen molar-refractivity contribution in [1.82, 2.24) is 0 Å². The molecular formula is C15H23NO3. The highest BCUT2D eigenvalue weighted by Gasteiger charge is 2.32. The summed E-state index contributed by atoms with van der Waals surface area (Å²) in [4.78, 5) is 11.7. The van der Waals surface area contributed by atoms with Crippen molar-refractivity contribution in [3.05, 3.63) is 23.8 Å². The van der Waals surface area contributed by atoms with E-state index in [0.29, 0.717) is 17.0 Å². The summed E-state index contributed by atoms with van der Waals surface area (Å²) < 4.78 is 5.17. The third kappa shape index (κ3) is 3.40. The SMILES string of the molecule is CCC(C(C)C)C(C(=O)O)c1cc(OC)ccc1N. The minimum Gasteiger partial charge on any atom is -0.497 e. The molecule has 0 saturated carbocycles. The first-order chi connectivity index (χ1) is 8.92. The average molecular weight is 265 g/mol. The van der Waals surface area contributed by atoms with Gasteiger partial charge in [-0.15, -0.1) is 0 Å². The minimum atomic E-state index is -0.833. The number of nitrogens with two attached hydrogens (primary N) is 1. The third-order valence-electron chi connectivity index (χ3n) is 3.65. The standard InChI is InChI=1S/C15H23NO3/c1-5-11(9(2)3)14(15(17)18)12-8-10(19-4)6-7-13(12)16/h6-9,11,14H,5,16H2,1-4H3,(H,17,18). The van der Waals surface area contributed by atoms with Gasteiger partial charge in [0, 0.05) is 5.69 Å². The van der Waals surface area contributed by atoms with Crippen molar-refractivity contribution in [2.24, 2.45) is 11.8 Å². The van der Waals surface area contributed by atoms with E-state index in [1.54, 1.807) is 25.3 Å². The van der Waals surface area contributed by atoms with E-state index in [-0.39, 0.29) is 11.8 Å². The number of ether oxygens (including phenoxy) is 1. The molecule has 0 aliphatic heterocycles. The van der Waals surface area contributed by atoms with Gasteiger partial charge in [-0.25, -0.2) is 0 Å². The number of aliphatic carboxylic acids is 1. The lowest BCUT2D eigenvalue weighted by atomic mass is 9.77. The average Bonchev–Trinajstić information content (AvgIpc) is 2.36. The summed E-state index contributed by atoms with van der Waals surface area (Å²) in [7, 11) is 1.56. The van der Waals surface area contributed by atoms with Gasteiger partial charge in [-0.2, -0.15) is 0 Å². The molecule has 106 valence electrons. The molecule has 4 heteroatoms. The number of carbonyl (C=O) groups is 1. The number of benzene rings is 1. The molecule has 0 saturated heterocycles. The lowest BCUT2D eigenvalue weighted by Crippen LogP contribution is -2.26. The molecule has 0 bridgehead atoms. The van der Waals surface area contributed by atoms with Crippen LogP contribution in [0.4, 0.5) is 5.69 Å². The Morgan fingerprint density at radius 3 is 2.47 bits per heavy atom. The van der Waals surface area contributed by atoms with Crippen LogP contribution in [0.1, 0.15) is 38.7 Å². The molecule has 1 aromatic carbocycles. The number of hydrogen-bond acceptors (Lipinski definition) is 3. The number of anilines is 1. The first-order valence-electron chi connectivity index (χ1n) is 6.58. The monoisotopic (exact) mass is 265 g/mol. The van der Waals surface area contributed by atoms with E-state index < -0.39 is 11.9 Å². The zero-order valence-corrected chi connectivity index (χ0v) is 12.0. The zero-order valence-electron chi connectivity index (χ0n) is 12.0. The highest BCUT2D eigenvalue weighted by atomic mass is 16.5. The molecule has 0 aliphatic rings. The normalized spacial score (nSPS) is 14.2. The Morgan fingerprint density at radius 1 is 1.42 bits per heavy atom. The fourth-order valence-electron chi connectivity index (χ4n) is 2.59. The lowest BCUT2D eigenvalue weighted by molar-refractivity contribution is -0.140. The maximum Gasteiger partial charge on any atom is 0.311 e. The summed E-state index contributed by atoms with van der Waals surface area (Å²) >= 11 is 0. The minimum absolute atomic E-state index is 0.0481. The van der Waals surface area contributed by atoms with Crippen molar-refractivity contribution in [3.8, 4) is 5.75 Å². The van der Waals surface area contributed by atoms with Gasteiger partial charge in [0.2, 0.25) is 0 Å². The van der Waals surface area contributed by atoms with Crippen LogP contribution in [0.5, 0.6) is 5.75 Å². The molecule has 3 N–H and O–H groups in total. The fourth-order valence-corrected chi connectivity index (χ4v) is 2.59. The first-order valence-corrected chi connectivity index (χ1v) is 6.58. The van der Waals surface area contributed by atoms with Crippen molar-refractivity contribution < 1.29 is 14.6 Å². The summed E-state index contributed by atoms with van der Waals surface area (Å²) in [5.41, 5.74) is 7.11. The molecule has 2 unspecified atom stereocenters. The van der Waals surface area contributed by atoms with Gasteiger partial charge in [0.05, 0.1) is 13.0 Å². The summed E-state index contributed by atoms with van der Waals surface area (Å²) in [5, 5.41) is 9.57. The Labute approximate surface area is 114 Å². The Kier molecular flexibility index (Phi) is 5.21. The van der Waals surface area contributed by atoms with Crippen LogP contribution in [0.15, 0.2) is 18.2 Å². The van der Waals surface area contributed by atoms with Gasteiger partial charge in [-0.3, -0.25) is 4.79 Å². The van der Waals surface area contributed by atoms with E-state index in [1.807, 2.05) is 20.8 Å². The van der Waals surface area contributed by atoms with E-state index in [9.17, 15) is 9.90 Å². The van der Waals surface area contributed by atoms with Gasteiger partial charge >= 0.3 is 5.97 Å². The van der Waals surface area contributed by atoms with Crippen LogP contribution in [0.25, 0.3) is 0 Å². The summed E-state index contributed by atoms with van der Waals surface area (Å²) in [5.74, 6) is -0.474. The van der Waals surface area contributed by atoms with E-state index >= 15 is 0 Å². The Hall–Kier alpha value is -1.71.